The van der Waals surface area contributed by atoms with E-state index in [4.69, 9.17) is 9.72 Å². The Hall–Kier alpha value is -2.81. The molecular weight excluding hydrogens is 426 g/mol. The lowest BCUT2D eigenvalue weighted by atomic mass is 10.1. The second-order valence-electron chi connectivity index (χ2n) is 7.97. The molecule has 32 heavy (non-hydrogen) atoms. The smallest absolute Gasteiger partial charge is 0.280 e. The Kier molecular flexibility index (Phi) is 6.83. The van der Waals surface area contributed by atoms with E-state index in [-0.39, 0.29) is 17.2 Å². The van der Waals surface area contributed by atoms with Gasteiger partial charge in [0.1, 0.15) is 11.3 Å². The van der Waals surface area contributed by atoms with Crippen LogP contribution in [-0.4, -0.2) is 56.1 Å². The summed E-state index contributed by atoms with van der Waals surface area (Å²) in [4.78, 5) is 33.0. The lowest BCUT2D eigenvalue weighted by Gasteiger charge is -2.26. The molecule has 1 amide bonds. The van der Waals surface area contributed by atoms with E-state index in [1.54, 1.807) is 16.4 Å². The van der Waals surface area contributed by atoms with Crippen molar-refractivity contribution < 1.29 is 9.53 Å². The lowest BCUT2D eigenvalue weighted by Crippen LogP contribution is -2.37. The molecule has 1 aromatic carbocycles. The van der Waals surface area contributed by atoms with Crippen molar-refractivity contribution in [2.24, 2.45) is 0 Å². The van der Waals surface area contributed by atoms with E-state index in [0.29, 0.717) is 29.3 Å². The largest absolute Gasteiger partial charge is 0.497 e. The second-order valence-corrected chi connectivity index (χ2v) is 8.91. The summed E-state index contributed by atoms with van der Waals surface area (Å²) in [5.41, 5.74) is 2.60. The summed E-state index contributed by atoms with van der Waals surface area (Å²) in [5, 5.41) is 5.03. The Morgan fingerprint density at radius 2 is 2.00 bits per heavy atom. The van der Waals surface area contributed by atoms with Gasteiger partial charge < -0.3 is 9.64 Å². The topological polar surface area (TPSA) is 82.2 Å². The Balaban J connectivity index is 1.71. The molecule has 4 rings (SSSR count). The number of likely N-dealkylation sites (tertiary alicyclic amines) is 1. The minimum atomic E-state index is -0.145. The summed E-state index contributed by atoms with van der Waals surface area (Å²) in [6.07, 6.45) is 3.28. The van der Waals surface area contributed by atoms with Crippen LogP contribution < -0.4 is 10.3 Å². The highest BCUT2D eigenvalue weighted by atomic mass is 32.2. The van der Waals surface area contributed by atoms with Crippen LogP contribution in [0, 0.1) is 6.92 Å². The van der Waals surface area contributed by atoms with Gasteiger partial charge in [-0.25, -0.2) is 4.98 Å². The predicted molar refractivity (Wildman–Crippen MR) is 125 cm³/mol. The standard InChI is InChI=1S/C23H29N5O3S/c1-4-28-21-20(16(2)25-28)24-23(32-15-19(29)26-11-6-5-7-12-26)27(22(21)30)14-17-9-8-10-18(13-17)31-3/h8-10,13H,4-7,11-12,14-15H2,1-3H3. The maximum absolute atomic E-state index is 13.6. The first kappa shape index (κ1) is 22.4. The third-order valence-electron chi connectivity index (χ3n) is 5.79. The first-order valence-corrected chi connectivity index (χ1v) is 12.0. The van der Waals surface area contributed by atoms with Gasteiger partial charge in [0.25, 0.3) is 5.56 Å². The SMILES string of the molecule is CCn1nc(C)c2nc(SCC(=O)N3CCCCC3)n(Cc3cccc(OC)c3)c(=O)c21. The van der Waals surface area contributed by atoms with Crippen LogP contribution in [0.3, 0.4) is 0 Å². The van der Waals surface area contributed by atoms with Gasteiger partial charge in [-0.1, -0.05) is 23.9 Å². The zero-order chi connectivity index (χ0) is 22.7. The van der Waals surface area contributed by atoms with Crippen molar-refractivity contribution in [2.75, 3.05) is 26.0 Å². The number of carbonyl (C=O) groups excluding carboxylic acids is 1. The summed E-state index contributed by atoms with van der Waals surface area (Å²) in [6, 6.07) is 7.63. The van der Waals surface area contributed by atoms with Crippen molar-refractivity contribution in [2.45, 2.75) is 51.4 Å². The van der Waals surface area contributed by atoms with Crippen LogP contribution in [0.2, 0.25) is 0 Å². The number of hydrogen-bond donors (Lipinski definition) is 0. The molecule has 0 radical (unpaired) electrons. The van der Waals surface area contributed by atoms with Gasteiger partial charge >= 0.3 is 0 Å². The van der Waals surface area contributed by atoms with E-state index in [9.17, 15) is 9.59 Å². The van der Waals surface area contributed by atoms with E-state index >= 15 is 0 Å². The Morgan fingerprint density at radius 1 is 1.22 bits per heavy atom. The van der Waals surface area contributed by atoms with Crippen molar-refractivity contribution in [3.63, 3.8) is 0 Å². The van der Waals surface area contributed by atoms with E-state index in [2.05, 4.69) is 5.10 Å². The fraction of sp³-hybridized carbons (Fsp3) is 0.478. The molecule has 0 bridgehead atoms. The molecular formula is C23H29N5O3S. The zero-order valence-corrected chi connectivity index (χ0v) is 19.7. The van der Waals surface area contributed by atoms with E-state index in [1.807, 2.05) is 43.0 Å². The second kappa shape index (κ2) is 9.77. The first-order chi connectivity index (χ1) is 15.5. The summed E-state index contributed by atoms with van der Waals surface area (Å²) in [6.45, 7) is 6.36. The summed E-state index contributed by atoms with van der Waals surface area (Å²) in [7, 11) is 1.62. The van der Waals surface area contributed by atoms with Crippen LogP contribution in [-0.2, 0) is 17.9 Å². The van der Waals surface area contributed by atoms with Gasteiger partial charge in [-0.2, -0.15) is 5.10 Å². The average Bonchev–Trinajstić information content (AvgIpc) is 3.15. The van der Waals surface area contributed by atoms with Gasteiger partial charge in [0.15, 0.2) is 10.7 Å². The predicted octanol–water partition coefficient (Wildman–Crippen LogP) is 3.08. The van der Waals surface area contributed by atoms with Crippen LogP contribution in [0.25, 0.3) is 11.0 Å². The van der Waals surface area contributed by atoms with E-state index in [0.717, 1.165) is 42.9 Å². The van der Waals surface area contributed by atoms with E-state index in [1.165, 1.54) is 18.2 Å². The molecule has 9 heteroatoms. The number of aromatic nitrogens is 4. The van der Waals surface area contributed by atoms with Crippen molar-refractivity contribution in [3.8, 4) is 5.75 Å². The first-order valence-electron chi connectivity index (χ1n) is 11.0. The minimum Gasteiger partial charge on any atom is -0.497 e. The van der Waals surface area contributed by atoms with Gasteiger partial charge in [0, 0.05) is 19.6 Å². The summed E-state index contributed by atoms with van der Waals surface area (Å²) >= 11 is 1.32. The number of thioether (sulfide) groups is 1. The molecule has 0 atom stereocenters. The molecule has 1 saturated heterocycles. The highest BCUT2D eigenvalue weighted by Crippen LogP contribution is 2.23. The molecule has 2 aromatic heterocycles. The maximum atomic E-state index is 13.6. The molecule has 1 fully saturated rings. The number of amides is 1. The van der Waals surface area contributed by atoms with Crippen molar-refractivity contribution >= 4 is 28.7 Å². The number of hydrogen-bond acceptors (Lipinski definition) is 6. The van der Waals surface area contributed by atoms with Crippen LogP contribution in [0.1, 0.15) is 37.4 Å². The average molecular weight is 456 g/mol. The maximum Gasteiger partial charge on any atom is 0.280 e. The molecule has 0 spiro atoms. The fourth-order valence-corrected chi connectivity index (χ4v) is 4.98. The molecule has 3 aromatic rings. The van der Waals surface area contributed by atoms with Gasteiger partial charge in [-0.15, -0.1) is 0 Å². The zero-order valence-electron chi connectivity index (χ0n) is 18.8. The van der Waals surface area contributed by atoms with Crippen molar-refractivity contribution in [1.82, 2.24) is 24.2 Å². The number of carbonyl (C=O) groups is 1. The number of nitrogens with zero attached hydrogens (tertiary/aromatic N) is 5. The van der Waals surface area contributed by atoms with Crippen LogP contribution in [0.5, 0.6) is 5.75 Å². The van der Waals surface area contributed by atoms with Crippen LogP contribution >= 0.6 is 11.8 Å². The van der Waals surface area contributed by atoms with Crippen molar-refractivity contribution in [1.29, 1.82) is 0 Å². The number of fused-ring (bicyclic) bond motifs is 1. The molecule has 1 aliphatic heterocycles. The summed E-state index contributed by atoms with van der Waals surface area (Å²) < 4.78 is 8.69. The number of piperidine rings is 1. The quantitative estimate of drug-likeness (QED) is 0.402. The Bertz CT molecular complexity index is 1180. The Labute approximate surface area is 191 Å². The number of ether oxygens (including phenoxy) is 1. The number of aryl methyl sites for hydroxylation is 2. The molecule has 0 N–H and O–H groups in total. The minimum absolute atomic E-state index is 0.0953. The normalized spacial score (nSPS) is 14.2. The van der Waals surface area contributed by atoms with Gasteiger partial charge in [-0.05, 0) is 50.8 Å². The molecule has 1 aliphatic rings. The fourth-order valence-electron chi connectivity index (χ4n) is 4.08. The van der Waals surface area contributed by atoms with Crippen LogP contribution in [0.4, 0.5) is 0 Å². The monoisotopic (exact) mass is 455 g/mol. The summed E-state index contributed by atoms with van der Waals surface area (Å²) in [5.74, 6) is 1.09. The number of rotatable bonds is 7. The highest BCUT2D eigenvalue weighted by molar-refractivity contribution is 7.99. The van der Waals surface area contributed by atoms with Gasteiger partial charge in [0.05, 0.1) is 25.1 Å². The van der Waals surface area contributed by atoms with Gasteiger partial charge in [-0.3, -0.25) is 18.8 Å². The molecule has 0 aliphatic carbocycles. The molecule has 0 saturated carbocycles. The highest BCUT2D eigenvalue weighted by Gasteiger charge is 2.21. The van der Waals surface area contributed by atoms with E-state index < -0.39 is 0 Å². The Morgan fingerprint density at radius 3 is 2.72 bits per heavy atom. The van der Waals surface area contributed by atoms with Gasteiger partial charge in [0.2, 0.25) is 5.91 Å². The van der Waals surface area contributed by atoms with Crippen molar-refractivity contribution in [3.05, 3.63) is 45.9 Å². The molecule has 3 heterocycles. The molecule has 8 nitrogen and oxygen atoms in total. The molecule has 0 unspecified atom stereocenters. The number of benzene rings is 1. The van der Waals surface area contributed by atoms with Crippen LogP contribution in [0.15, 0.2) is 34.2 Å². The third-order valence-corrected chi connectivity index (χ3v) is 6.75. The third kappa shape index (κ3) is 4.53. The molecule has 170 valence electrons. The number of methoxy groups -OCH3 is 1. The lowest BCUT2D eigenvalue weighted by molar-refractivity contribution is -0.129.